The zero-order chi connectivity index (χ0) is 21.1. The molecule has 2 aromatic rings. The van der Waals surface area contributed by atoms with Crippen molar-refractivity contribution < 1.29 is 21.6 Å². The molecule has 1 N–H and O–H groups in total. The van der Waals surface area contributed by atoms with Gasteiger partial charge in [-0.15, -0.1) is 0 Å². The molecule has 8 nitrogen and oxygen atoms in total. The van der Waals surface area contributed by atoms with Gasteiger partial charge >= 0.3 is 0 Å². The van der Waals surface area contributed by atoms with Gasteiger partial charge in [-0.05, 0) is 42.5 Å². The molecule has 0 fully saturated rings. The summed E-state index contributed by atoms with van der Waals surface area (Å²) in [6.07, 6.45) is 2.09. The van der Waals surface area contributed by atoms with Crippen LogP contribution in [0.15, 0.2) is 53.0 Å². The number of rotatable bonds is 7. The fourth-order valence-electron chi connectivity index (χ4n) is 2.31. The summed E-state index contributed by atoms with van der Waals surface area (Å²) in [6, 6.07) is 12.8. The SMILES string of the molecule is CN(c1cccc(NC(=O)CN(c2ccc(Br)cc2)S(C)(=O)=O)c1)S(C)(=O)=O. The first-order valence-electron chi connectivity index (χ1n) is 7.95. The number of hydrogen-bond donors (Lipinski definition) is 1. The third-order valence-corrected chi connectivity index (χ3v) is 6.67. The van der Waals surface area contributed by atoms with E-state index in [2.05, 4.69) is 21.2 Å². The van der Waals surface area contributed by atoms with Gasteiger partial charge in [0.25, 0.3) is 0 Å². The molecule has 152 valence electrons. The maximum Gasteiger partial charge on any atom is 0.245 e. The van der Waals surface area contributed by atoms with Gasteiger partial charge in [-0.1, -0.05) is 22.0 Å². The van der Waals surface area contributed by atoms with Gasteiger partial charge in [-0.2, -0.15) is 0 Å². The highest BCUT2D eigenvalue weighted by atomic mass is 79.9. The molecule has 0 unspecified atom stereocenters. The molecule has 0 aliphatic carbocycles. The van der Waals surface area contributed by atoms with Crippen LogP contribution in [0.5, 0.6) is 0 Å². The van der Waals surface area contributed by atoms with Crippen molar-refractivity contribution >= 4 is 58.9 Å². The van der Waals surface area contributed by atoms with Gasteiger partial charge in [-0.25, -0.2) is 16.8 Å². The fraction of sp³-hybridized carbons (Fsp3) is 0.235. The number of benzene rings is 2. The van der Waals surface area contributed by atoms with E-state index >= 15 is 0 Å². The minimum atomic E-state index is -3.69. The Kier molecular flexibility index (Phi) is 6.73. The van der Waals surface area contributed by atoms with Crippen LogP contribution in [0.1, 0.15) is 0 Å². The number of halogens is 1. The summed E-state index contributed by atoms with van der Waals surface area (Å²) < 4.78 is 50.4. The Bertz CT molecular complexity index is 1070. The quantitative estimate of drug-likeness (QED) is 0.641. The topological polar surface area (TPSA) is 104 Å². The lowest BCUT2D eigenvalue weighted by molar-refractivity contribution is -0.114. The standard InChI is InChI=1S/C17H20BrN3O5S2/c1-20(27(2,23)24)16-6-4-5-14(11-16)19-17(22)12-21(28(3,25)26)15-9-7-13(18)8-10-15/h4-11H,12H2,1-3H3,(H,19,22). The van der Waals surface area contributed by atoms with Crippen LogP contribution in [-0.4, -0.2) is 48.8 Å². The molecule has 0 saturated carbocycles. The molecule has 2 aromatic carbocycles. The first kappa shape index (κ1) is 22.2. The summed E-state index contributed by atoms with van der Waals surface area (Å²) in [5.41, 5.74) is 1.07. The number of carbonyl (C=O) groups is 1. The molecule has 28 heavy (non-hydrogen) atoms. The van der Waals surface area contributed by atoms with Crippen LogP contribution in [0.4, 0.5) is 17.1 Å². The van der Waals surface area contributed by atoms with Crippen molar-refractivity contribution in [1.29, 1.82) is 0 Å². The number of hydrogen-bond acceptors (Lipinski definition) is 5. The normalized spacial score (nSPS) is 11.7. The average Bonchev–Trinajstić information content (AvgIpc) is 2.58. The Morgan fingerprint density at radius 2 is 1.57 bits per heavy atom. The molecular formula is C17H20BrN3O5S2. The molecule has 0 aromatic heterocycles. The van der Waals surface area contributed by atoms with E-state index in [0.29, 0.717) is 17.1 Å². The van der Waals surface area contributed by atoms with Crippen LogP contribution < -0.4 is 13.9 Å². The molecule has 0 spiro atoms. The van der Waals surface area contributed by atoms with Crippen LogP contribution in [0, 0.1) is 0 Å². The van der Waals surface area contributed by atoms with Crippen LogP contribution in [0.2, 0.25) is 0 Å². The molecule has 0 atom stereocenters. The monoisotopic (exact) mass is 489 g/mol. The van der Waals surface area contributed by atoms with Crippen molar-refractivity contribution in [3.8, 4) is 0 Å². The Morgan fingerprint density at radius 1 is 0.964 bits per heavy atom. The molecule has 1 amide bonds. The Hall–Kier alpha value is -2.11. The molecule has 0 aliphatic rings. The summed E-state index contributed by atoms with van der Waals surface area (Å²) in [7, 11) is -5.74. The van der Waals surface area contributed by atoms with Crippen LogP contribution in [0.25, 0.3) is 0 Å². The molecule has 11 heteroatoms. The lowest BCUT2D eigenvalue weighted by atomic mass is 10.2. The zero-order valence-electron chi connectivity index (χ0n) is 15.5. The average molecular weight is 490 g/mol. The van der Waals surface area contributed by atoms with Gasteiger partial charge in [0.15, 0.2) is 0 Å². The van der Waals surface area contributed by atoms with Gasteiger partial charge in [0.05, 0.1) is 23.9 Å². The van der Waals surface area contributed by atoms with Crippen molar-refractivity contribution in [3.05, 3.63) is 53.0 Å². The summed E-state index contributed by atoms with van der Waals surface area (Å²) in [4.78, 5) is 12.4. The second-order valence-corrected chi connectivity index (χ2v) is 10.9. The third kappa shape index (κ3) is 5.94. The lowest BCUT2D eigenvalue weighted by Gasteiger charge is -2.22. The third-order valence-electron chi connectivity index (χ3n) is 3.79. The van der Waals surface area contributed by atoms with Crippen LogP contribution in [-0.2, 0) is 24.8 Å². The molecular weight excluding hydrogens is 470 g/mol. The molecule has 0 heterocycles. The Morgan fingerprint density at radius 3 is 2.11 bits per heavy atom. The van der Waals surface area contributed by atoms with Gasteiger partial charge < -0.3 is 5.32 Å². The summed E-state index contributed by atoms with van der Waals surface area (Å²) in [6.45, 7) is -0.424. The predicted octanol–water partition coefficient (Wildman–Crippen LogP) is 2.25. The number of amides is 1. The minimum absolute atomic E-state index is 0.349. The predicted molar refractivity (Wildman–Crippen MR) is 115 cm³/mol. The van der Waals surface area contributed by atoms with Gasteiger partial charge in [-0.3, -0.25) is 13.4 Å². The van der Waals surface area contributed by atoms with Crippen molar-refractivity contribution in [3.63, 3.8) is 0 Å². The van der Waals surface area contributed by atoms with Crippen molar-refractivity contribution in [2.24, 2.45) is 0 Å². The van der Waals surface area contributed by atoms with E-state index in [-0.39, 0.29) is 0 Å². The number of anilines is 3. The highest BCUT2D eigenvalue weighted by molar-refractivity contribution is 9.10. The molecule has 2 rings (SSSR count). The molecule has 0 saturated heterocycles. The molecule has 0 aliphatic heterocycles. The number of sulfonamides is 2. The van der Waals surface area contributed by atoms with E-state index in [0.717, 1.165) is 25.6 Å². The second kappa shape index (κ2) is 8.50. The molecule has 0 bridgehead atoms. The summed E-state index contributed by atoms with van der Waals surface area (Å²) in [5.74, 6) is -0.562. The number of nitrogens with one attached hydrogen (secondary N) is 1. The summed E-state index contributed by atoms with van der Waals surface area (Å²) in [5, 5.41) is 2.60. The van der Waals surface area contributed by atoms with Crippen molar-refractivity contribution in [2.45, 2.75) is 0 Å². The van der Waals surface area contributed by atoms with Gasteiger partial charge in [0, 0.05) is 17.2 Å². The van der Waals surface area contributed by atoms with E-state index in [4.69, 9.17) is 0 Å². The summed E-state index contributed by atoms with van der Waals surface area (Å²) >= 11 is 3.28. The largest absolute Gasteiger partial charge is 0.324 e. The van der Waals surface area contributed by atoms with Crippen molar-refractivity contribution in [1.82, 2.24) is 0 Å². The van der Waals surface area contributed by atoms with Crippen molar-refractivity contribution in [2.75, 3.05) is 40.0 Å². The van der Waals surface area contributed by atoms with E-state index < -0.39 is 32.5 Å². The highest BCUT2D eigenvalue weighted by Crippen LogP contribution is 2.22. The highest BCUT2D eigenvalue weighted by Gasteiger charge is 2.21. The van der Waals surface area contributed by atoms with Gasteiger partial charge in [0.1, 0.15) is 6.54 Å². The number of nitrogens with zero attached hydrogens (tertiary/aromatic N) is 2. The minimum Gasteiger partial charge on any atom is -0.324 e. The first-order chi connectivity index (χ1) is 12.9. The van der Waals surface area contributed by atoms with E-state index in [1.54, 1.807) is 42.5 Å². The van der Waals surface area contributed by atoms with E-state index in [9.17, 15) is 21.6 Å². The first-order valence-corrected chi connectivity index (χ1v) is 12.4. The maximum atomic E-state index is 12.4. The van der Waals surface area contributed by atoms with E-state index in [1.807, 2.05) is 0 Å². The van der Waals surface area contributed by atoms with Crippen LogP contribution >= 0.6 is 15.9 Å². The zero-order valence-corrected chi connectivity index (χ0v) is 18.7. The number of carbonyl (C=O) groups excluding carboxylic acids is 1. The smallest absolute Gasteiger partial charge is 0.245 e. The molecule has 0 radical (unpaired) electrons. The second-order valence-electron chi connectivity index (χ2n) is 6.08. The maximum absolute atomic E-state index is 12.4. The Labute approximate surface area is 173 Å². The van der Waals surface area contributed by atoms with Gasteiger partial charge in [0.2, 0.25) is 26.0 Å². The van der Waals surface area contributed by atoms with Crippen LogP contribution in [0.3, 0.4) is 0 Å². The lowest BCUT2D eigenvalue weighted by Crippen LogP contribution is -2.37. The Balaban J connectivity index is 2.21. The fourth-order valence-corrected chi connectivity index (χ4v) is 3.93. The van der Waals surface area contributed by atoms with E-state index in [1.165, 1.54) is 13.1 Å².